The minimum atomic E-state index is -0.295. The molecule has 8 nitrogen and oxygen atoms in total. The number of terminal acetylenes is 1. The highest BCUT2D eigenvalue weighted by Crippen LogP contribution is 2.31. The number of hydrogen-bond donors (Lipinski definition) is 2. The lowest BCUT2D eigenvalue weighted by Crippen LogP contribution is -2.10. The fraction of sp³-hybridized carbons (Fsp3) is 0.143. The summed E-state index contributed by atoms with van der Waals surface area (Å²) in [5.74, 6) is 2.85. The summed E-state index contributed by atoms with van der Waals surface area (Å²) in [4.78, 5) is 13.1. The third kappa shape index (κ3) is 3.84. The molecule has 3 aromatic heterocycles. The summed E-state index contributed by atoms with van der Waals surface area (Å²) in [6.45, 7) is 1.95. The maximum absolute atomic E-state index is 13.2. The number of anilines is 2. The Bertz CT molecular complexity index is 1250. The highest BCUT2D eigenvalue weighted by Gasteiger charge is 2.18. The van der Waals surface area contributed by atoms with Crippen molar-refractivity contribution in [2.75, 3.05) is 17.7 Å². The van der Waals surface area contributed by atoms with Gasteiger partial charge in [0, 0.05) is 30.2 Å². The van der Waals surface area contributed by atoms with E-state index >= 15 is 0 Å². The van der Waals surface area contributed by atoms with E-state index in [0.717, 1.165) is 5.56 Å². The predicted molar refractivity (Wildman–Crippen MR) is 120 cm³/mol. The van der Waals surface area contributed by atoms with Gasteiger partial charge in [-0.15, -0.1) is 11.5 Å². The number of nitrogens with one attached hydrogen (secondary N) is 1. The first kappa shape index (κ1) is 19.1. The van der Waals surface area contributed by atoms with E-state index in [1.807, 2.05) is 6.92 Å². The molecular formula is C21H26FN7O. The molecule has 0 spiro atoms. The molecule has 0 aliphatic carbocycles. The van der Waals surface area contributed by atoms with Gasteiger partial charge in [0.25, 0.3) is 0 Å². The van der Waals surface area contributed by atoms with E-state index < -0.39 is 0 Å². The smallest absolute Gasteiger partial charge is 0.319 e. The van der Waals surface area contributed by atoms with Crippen molar-refractivity contribution in [1.29, 1.82) is 0 Å². The van der Waals surface area contributed by atoms with Gasteiger partial charge in [-0.1, -0.05) is 18.1 Å². The Kier molecular flexibility index (Phi) is 5.13. The van der Waals surface area contributed by atoms with Crippen LogP contribution < -0.4 is 15.8 Å². The number of aromatic nitrogens is 5. The van der Waals surface area contributed by atoms with Crippen molar-refractivity contribution in [3.8, 4) is 29.6 Å². The maximum atomic E-state index is 13.2. The Hall–Kier alpha value is -4.19. The molecule has 4 rings (SSSR count). The number of nitrogens with two attached hydrogens (primary N) is 1. The van der Waals surface area contributed by atoms with Gasteiger partial charge in [0.15, 0.2) is 18.1 Å². The van der Waals surface area contributed by atoms with Gasteiger partial charge in [0.1, 0.15) is 11.6 Å². The maximum Gasteiger partial charge on any atom is 0.319 e. The van der Waals surface area contributed by atoms with Gasteiger partial charge < -0.3 is 15.8 Å². The second kappa shape index (κ2) is 8.05. The highest BCUT2D eigenvalue weighted by atomic mass is 19.1. The Balaban J connectivity index is 0.00000272. The van der Waals surface area contributed by atoms with Gasteiger partial charge in [-0.05, 0) is 30.7 Å². The van der Waals surface area contributed by atoms with Crippen molar-refractivity contribution >= 4 is 17.3 Å². The van der Waals surface area contributed by atoms with Crippen LogP contribution in [0.1, 0.15) is 24.2 Å². The van der Waals surface area contributed by atoms with E-state index in [2.05, 4.69) is 31.3 Å². The molecule has 3 N–H and O–H groups in total. The van der Waals surface area contributed by atoms with Crippen molar-refractivity contribution < 1.29 is 14.8 Å². The number of benzene rings is 1. The largest absolute Gasteiger partial charge is 0.450 e. The first-order valence-corrected chi connectivity index (χ1v) is 9.11. The summed E-state index contributed by atoms with van der Waals surface area (Å²) < 4.78 is 20.2. The summed E-state index contributed by atoms with van der Waals surface area (Å²) in [7, 11) is 0. The van der Waals surface area contributed by atoms with Crippen LogP contribution in [0, 0.1) is 18.2 Å². The lowest BCUT2D eigenvalue weighted by atomic mass is 10.1. The SMILES string of the molecule is C#CCOc1nc(N[C@@H](C)c2ccc(F)cc2)cc(-c2c(N)nn3cccnc23)n1.[HH].[HH].[HH].[HH]. The molecule has 3 heterocycles. The number of nitrogens with zero attached hydrogens (tertiary/aromatic N) is 5. The van der Waals surface area contributed by atoms with Crippen LogP contribution >= 0.6 is 0 Å². The molecule has 1 aromatic carbocycles. The molecule has 0 fully saturated rings. The van der Waals surface area contributed by atoms with Gasteiger partial charge in [-0.25, -0.2) is 13.9 Å². The standard InChI is InChI=1S/C21H18FN7O.4H2/c1-3-11-30-21-26-16(18-19(23)28-29-10-4-9-24-20(18)29)12-17(27-21)25-13(2)14-5-7-15(22)8-6-14;;;;/h1,4-10,12-13H,11H2,2H3,(H2,23,28)(H,25,26,27);4*1H/t13-;;;;/m0..../s1. The number of ether oxygens (including phenoxy) is 1. The minimum absolute atomic E-state index is 0. The zero-order valence-corrected chi connectivity index (χ0v) is 16.1. The van der Waals surface area contributed by atoms with Crippen LogP contribution in [-0.2, 0) is 0 Å². The highest BCUT2D eigenvalue weighted by molar-refractivity contribution is 5.85. The van der Waals surface area contributed by atoms with Crippen LogP contribution in [-0.4, -0.2) is 31.2 Å². The van der Waals surface area contributed by atoms with E-state index in [4.69, 9.17) is 16.9 Å². The first-order valence-electron chi connectivity index (χ1n) is 9.11. The fourth-order valence-corrected chi connectivity index (χ4v) is 3.00. The molecule has 4 aromatic rings. The predicted octanol–water partition coefficient (Wildman–Crippen LogP) is 4.08. The molecule has 0 bridgehead atoms. The molecular weight excluding hydrogens is 385 g/mol. The molecule has 1 atom stereocenters. The first-order chi connectivity index (χ1) is 14.5. The van der Waals surface area contributed by atoms with Crippen LogP contribution in [0.2, 0.25) is 0 Å². The van der Waals surface area contributed by atoms with E-state index in [-0.39, 0.29) is 36.0 Å². The summed E-state index contributed by atoms with van der Waals surface area (Å²) in [6.07, 6.45) is 8.68. The van der Waals surface area contributed by atoms with Crippen molar-refractivity contribution in [1.82, 2.24) is 24.6 Å². The Labute approximate surface area is 177 Å². The zero-order valence-electron chi connectivity index (χ0n) is 16.1. The molecule has 0 saturated carbocycles. The Morgan fingerprint density at radius 2 is 2.13 bits per heavy atom. The Morgan fingerprint density at radius 3 is 2.90 bits per heavy atom. The van der Waals surface area contributed by atoms with Gasteiger partial charge in [0.05, 0.1) is 11.3 Å². The van der Waals surface area contributed by atoms with Crippen LogP contribution in [0.15, 0.2) is 48.8 Å². The average molecular weight is 411 g/mol. The third-order valence-corrected chi connectivity index (χ3v) is 4.40. The van der Waals surface area contributed by atoms with Gasteiger partial charge in [0.2, 0.25) is 0 Å². The zero-order chi connectivity index (χ0) is 21.1. The van der Waals surface area contributed by atoms with Gasteiger partial charge in [-0.3, -0.25) is 0 Å². The van der Waals surface area contributed by atoms with Crippen LogP contribution in [0.5, 0.6) is 6.01 Å². The van der Waals surface area contributed by atoms with Crippen LogP contribution in [0.25, 0.3) is 16.9 Å². The van der Waals surface area contributed by atoms with Gasteiger partial charge >= 0.3 is 6.01 Å². The molecule has 0 radical (unpaired) electrons. The average Bonchev–Trinajstić information content (AvgIpc) is 3.08. The second-order valence-electron chi connectivity index (χ2n) is 6.48. The van der Waals surface area contributed by atoms with E-state index in [1.165, 1.54) is 12.1 Å². The number of nitrogen functional groups attached to an aromatic ring is 1. The minimum Gasteiger partial charge on any atom is -0.450 e. The normalized spacial score (nSPS) is 11.8. The van der Waals surface area contributed by atoms with Crippen molar-refractivity contribution in [3.05, 3.63) is 60.2 Å². The van der Waals surface area contributed by atoms with E-state index in [9.17, 15) is 4.39 Å². The van der Waals surface area contributed by atoms with Crippen LogP contribution in [0.3, 0.4) is 0 Å². The Morgan fingerprint density at radius 1 is 1.33 bits per heavy atom. The number of halogens is 1. The molecule has 0 aliphatic heterocycles. The van der Waals surface area contributed by atoms with Crippen molar-refractivity contribution in [3.63, 3.8) is 0 Å². The summed E-state index contributed by atoms with van der Waals surface area (Å²) in [5.41, 5.74) is 8.61. The van der Waals surface area contributed by atoms with Crippen molar-refractivity contribution in [2.24, 2.45) is 0 Å². The molecule has 0 amide bonds. The molecule has 158 valence electrons. The van der Waals surface area contributed by atoms with E-state index in [0.29, 0.717) is 22.7 Å². The second-order valence-corrected chi connectivity index (χ2v) is 6.48. The molecule has 30 heavy (non-hydrogen) atoms. The lowest BCUT2D eigenvalue weighted by Gasteiger charge is -2.16. The number of hydrogen-bond acceptors (Lipinski definition) is 7. The lowest BCUT2D eigenvalue weighted by molar-refractivity contribution is 0.340. The third-order valence-electron chi connectivity index (χ3n) is 4.40. The number of rotatable bonds is 6. The fourth-order valence-electron chi connectivity index (χ4n) is 3.00. The van der Waals surface area contributed by atoms with Crippen molar-refractivity contribution in [2.45, 2.75) is 13.0 Å². The summed E-state index contributed by atoms with van der Waals surface area (Å²) in [6, 6.07) is 9.64. The monoisotopic (exact) mass is 411 g/mol. The number of fused-ring (bicyclic) bond motifs is 1. The van der Waals surface area contributed by atoms with E-state index in [1.54, 1.807) is 41.2 Å². The molecule has 0 saturated heterocycles. The van der Waals surface area contributed by atoms with Gasteiger partial charge in [-0.2, -0.15) is 9.97 Å². The molecule has 9 heteroatoms. The molecule has 0 unspecified atom stereocenters. The van der Waals surface area contributed by atoms with Crippen LogP contribution in [0.4, 0.5) is 16.0 Å². The topological polar surface area (TPSA) is 103 Å². The summed E-state index contributed by atoms with van der Waals surface area (Å²) >= 11 is 0. The quantitative estimate of drug-likeness (QED) is 0.461. The summed E-state index contributed by atoms with van der Waals surface area (Å²) in [5, 5.41) is 7.54. The molecule has 0 aliphatic rings.